The second-order valence-corrected chi connectivity index (χ2v) is 5.81. The molecule has 1 aromatic carbocycles. The molecule has 0 heterocycles. The summed E-state index contributed by atoms with van der Waals surface area (Å²) in [7, 11) is 0. The van der Waals surface area contributed by atoms with Crippen LogP contribution in [0.1, 0.15) is 33.3 Å². The number of benzene rings is 1. The first kappa shape index (κ1) is 17.2. The Labute approximate surface area is 125 Å². The van der Waals surface area contributed by atoms with Gasteiger partial charge in [0.2, 0.25) is 0 Å². The summed E-state index contributed by atoms with van der Waals surface area (Å²) in [5.41, 5.74) is 0.400. The van der Waals surface area contributed by atoms with E-state index in [2.05, 4.69) is 5.32 Å². The summed E-state index contributed by atoms with van der Waals surface area (Å²) in [5.74, 6) is 0. The molecule has 0 radical (unpaired) electrons. The highest BCUT2D eigenvalue weighted by molar-refractivity contribution is 5.73. The Morgan fingerprint density at radius 3 is 2.43 bits per heavy atom. The van der Waals surface area contributed by atoms with Gasteiger partial charge in [0.15, 0.2) is 0 Å². The standard InChI is InChI=1S/C16H23NO4/c1-12(20-11-13-8-6-5-7-9-13)14(10-18)17-15(19)21-16(2,3)4/h5-10,12,14H,11H2,1-4H3,(H,17,19)/t12?,14-/m1/s1. The summed E-state index contributed by atoms with van der Waals surface area (Å²) >= 11 is 0. The van der Waals surface area contributed by atoms with Gasteiger partial charge in [-0.1, -0.05) is 30.3 Å². The van der Waals surface area contributed by atoms with Crippen molar-refractivity contribution in [2.45, 2.75) is 52.0 Å². The quantitative estimate of drug-likeness (QED) is 0.819. The maximum Gasteiger partial charge on any atom is 0.408 e. The molecule has 0 aliphatic heterocycles. The zero-order chi connectivity index (χ0) is 15.9. The summed E-state index contributed by atoms with van der Waals surface area (Å²) in [6.45, 7) is 7.40. The van der Waals surface area contributed by atoms with Gasteiger partial charge in [-0.15, -0.1) is 0 Å². The van der Waals surface area contributed by atoms with E-state index in [0.29, 0.717) is 12.9 Å². The minimum Gasteiger partial charge on any atom is -0.444 e. The Morgan fingerprint density at radius 1 is 1.29 bits per heavy atom. The molecule has 1 aromatic rings. The van der Waals surface area contributed by atoms with E-state index in [9.17, 15) is 9.59 Å². The van der Waals surface area contributed by atoms with Gasteiger partial charge in [-0.2, -0.15) is 0 Å². The van der Waals surface area contributed by atoms with E-state index in [1.165, 1.54) is 0 Å². The van der Waals surface area contributed by atoms with Gasteiger partial charge < -0.3 is 19.6 Å². The molecule has 0 saturated carbocycles. The van der Waals surface area contributed by atoms with Crippen molar-refractivity contribution in [3.05, 3.63) is 35.9 Å². The number of nitrogens with one attached hydrogen (secondary N) is 1. The van der Waals surface area contributed by atoms with Crippen LogP contribution in [0.2, 0.25) is 0 Å². The fourth-order valence-corrected chi connectivity index (χ4v) is 1.61. The number of ether oxygens (including phenoxy) is 2. The molecule has 0 aliphatic rings. The Bertz CT molecular complexity index is 453. The van der Waals surface area contributed by atoms with Crippen molar-refractivity contribution in [2.24, 2.45) is 0 Å². The van der Waals surface area contributed by atoms with E-state index in [1.807, 2.05) is 30.3 Å². The maximum atomic E-state index is 11.7. The number of amides is 1. The molecule has 0 fully saturated rings. The summed E-state index contributed by atoms with van der Waals surface area (Å²) in [5, 5.41) is 2.51. The average Bonchev–Trinajstić information content (AvgIpc) is 2.41. The number of hydrogen-bond donors (Lipinski definition) is 1. The van der Waals surface area contributed by atoms with E-state index in [1.54, 1.807) is 27.7 Å². The molecule has 1 N–H and O–H groups in total. The summed E-state index contributed by atoms with van der Waals surface area (Å²) in [6, 6.07) is 8.88. The predicted molar refractivity (Wildman–Crippen MR) is 79.9 cm³/mol. The van der Waals surface area contributed by atoms with Crippen molar-refractivity contribution in [3.8, 4) is 0 Å². The monoisotopic (exact) mass is 293 g/mol. The molecule has 1 rings (SSSR count). The third-order valence-electron chi connectivity index (χ3n) is 2.69. The molecule has 0 aliphatic carbocycles. The van der Waals surface area contributed by atoms with Crippen molar-refractivity contribution < 1.29 is 19.1 Å². The fraction of sp³-hybridized carbons (Fsp3) is 0.500. The van der Waals surface area contributed by atoms with Gasteiger partial charge >= 0.3 is 6.09 Å². The lowest BCUT2D eigenvalue weighted by molar-refractivity contribution is -0.113. The van der Waals surface area contributed by atoms with Crippen LogP contribution in [-0.2, 0) is 20.9 Å². The zero-order valence-electron chi connectivity index (χ0n) is 13.0. The van der Waals surface area contributed by atoms with Gasteiger partial charge in [-0.3, -0.25) is 0 Å². The van der Waals surface area contributed by atoms with Gasteiger partial charge in [-0.25, -0.2) is 4.79 Å². The number of alkyl carbamates (subject to hydrolysis) is 1. The van der Waals surface area contributed by atoms with Crippen molar-refractivity contribution in [1.82, 2.24) is 5.32 Å². The van der Waals surface area contributed by atoms with E-state index < -0.39 is 23.8 Å². The number of carbonyl (C=O) groups excluding carboxylic acids is 2. The average molecular weight is 293 g/mol. The van der Waals surface area contributed by atoms with Crippen molar-refractivity contribution >= 4 is 12.4 Å². The number of carbonyl (C=O) groups is 2. The van der Waals surface area contributed by atoms with E-state index in [4.69, 9.17) is 9.47 Å². The lowest BCUT2D eigenvalue weighted by Crippen LogP contribution is -2.46. The Kier molecular flexibility index (Phi) is 6.37. The number of hydrogen-bond acceptors (Lipinski definition) is 4. The van der Waals surface area contributed by atoms with Crippen LogP contribution >= 0.6 is 0 Å². The Balaban J connectivity index is 2.47. The predicted octanol–water partition coefficient (Wildman–Crippen LogP) is 2.68. The van der Waals surface area contributed by atoms with Gasteiger partial charge in [-0.05, 0) is 33.3 Å². The van der Waals surface area contributed by atoms with Crippen LogP contribution < -0.4 is 5.32 Å². The number of aldehydes is 1. The molecule has 0 aromatic heterocycles. The van der Waals surface area contributed by atoms with Gasteiger partial charge in [0, 0.05) is 0 Å². The third-order valence-corrected chi connectivity index (χ3v) is 2.69. The molecule has 116 valence electrons. The highest BCUT2D eigenvalue weighted by atomic mass is 16.6. The lowest BCUT2D eigenvalue weighted by atomic mass is 10.2. The van der Waals surface area contributed by atoms with Crippen LogP contribution in [0.5, 0.6) is 0 Å². The van der Waals surface area contributed by atoms with Gasteiger partial charge in [0.05, 0.1) is 12.7 Å². The Morgan fingerprint density at radius 2 is 1.90 bits per heavy atom. The molecular formula is C16H23NO4. The van der Waals surface area contributed by atoms with Gasteiger partial charge in [0.25, 0.3) is 0 Å². The highest BCUT2D eigenvalue weighted by Gasteiger charge is 2.23. The maximum absolute atomic E-state index is 11.7. The lowest BCUT2D eigenvalue weighted by Gasteiger charge is -2.24. The van der Waals surface area contributed by atoms with Crippen LogP contribution in [0.25, 0.3) is 0 Å². The molecule has 1 unspecified atom stereocenters. The first-order chi connectivity index (χ1) is 9.81. The molecular weight excluding hydrogens is 270 g/mol. The van der Waals surface area contributed by atoms with E-state index in [0.717, 1.165) is 5.56 Å². The zero-order valence-corrected chi connectivity index (χ0v) is 13.0. The topological polar surface area (TPSA) is 64.6 Å². The smallest absolute Gasteiger partial charge is 0.408 e. The minimum absolute atomic E-state index is 0.377. The molecule has 5 nitrogen and oxygen atoms in total. The van der Waals surface area contributed by atoms with Crippen molar-refractivity contribution in [2.75, 3.05) is 0 Å². The van der Waals surface area contributed by atoms with E-state index >= 15 is 0 Å². The first-order valence-corrected chi connectivity index (χ1v) is 6.92. The van der Waals surface area contributed by atoms with Crippen LogP contribution in [-0.4, -0.2) is 30.1 Å². The molecule has 5 heteroatoms. The largest absolute Gasteiger partial charge is 0.444 e. The molecule has 1 amide bonds. The van der Waals surface area contributed by atoms with Crippen LogP contribution in [0.4, 0.5) is 4.79 Å². The summed E-state index contributed by atoms with van der Waals surface area (Å²) in [6.07, 6.45) is -0.426. The second kappa shape index (κ2) is 7.78. The Hall–Kier alpha value is -1.88. The van der Waals surface area contributed by atoms with Crippen molar-refractivity contribution in [1.29, 1.82) is 0 Å². The number of rotatable bonds is 6. The van der Waals surface area contributed by atoms with Crippen LogP contribution in [0, 0.1) is 0 Å². The fourth-order valence-electron chi connectivity index (χ4n) is 1.61. The normalized spacial score (nSPS) is 14.1. The van der Waals surface area contributed by atoms with Crippen molar-refractivity contribution in [3.63, 3.8) is 0 Å². The molecule has 21 heavy (non-hydrogen) atoms. The second-order valence-electron chi connectivity index (χ2n) is 5.81. The highest BCUT2D eigenvalue weighted by Crippen LogP contribution is 2.09. The molecule has 2 atom stereocenters. The summed E-state index contributed by atoms with van der Waals surface area (Å²) in [4.78, 5) is 22.8. The first-order valence-electron chi connectivity index (χ1n) is 6.92. The van der Waals surface area contributed by atoms with Crippen LogP contribution in [0.15, 0.2) is 30.3 Å². The van der Waals surface area contributed by atoms with Gasteiger partial charge in [0.1, 0.15) is 17.9 Å². The summed E-state index contributed by atoms with van der Waals surface area (Å²) < 4.78 is 10.7. The minimum atomic E-state index is -0.747. The molecule has 0 spiro atoms. The third kappa shape index (κ3) is 6.90. The van der Waals surface area contributed by atoms with E-state index in [-0.39, 0.29) is 0 Å². The molecule has 0 bridgehead atoms. The van der Waals surface area contributed by atoms with Crippen LogP contribution in [0.3, 0.4) is 0 Å². The molecule has 0 saturated heterocycles. The SMILES string of the molecule is CC(OCc1ccccc1)[C@@H](C=O)NC(=O)OC(C)(C)C.